The van der Waals surface area contributed by atoms with Crippen molar-refractivity contribution in [2.24, 2.45) is 0 Å². The summed E-state index contributed by atoms with van der Waals surface area (Å²) in [6, 6.07) is 7.63. The standard InChI is InChI=1S/C14H18NO4P/c1-3-19-20(2,18)13(14(16)17)8-10-9-15-12-7-5-4-6-11(10)12/h4-7,9,13,15H,3,8H2,1-2H3,(H,16,17)/t13-,20-/m1/s1. The molecule has 108 valence electrons. The highest BCUT2D eigenvalue weighted by Gasteiger charge is 2.35. The number of nitrogens with one attached hydrogen (secondary N) is 1. The largest absolute Gasteiger partial charge is 0.481 e. The zero-order chi connectivity index (χ0) is 14.8. The number of H-pyrrole nitrogens is 1. The summed E-state index contributed by atoms with van der Waals surface area (Å²) in [7, 11) is -3.19. The maximum atomic E-state index is 12.4. The Kier molecular flexibility index (Phi) is 4.31. The van der Waals surface area contributed by atoms with Crippen LogP contribution in [0.15, 0.2) is 30.5 Å². The van der Waals surface area contributed by atoms with Crippen LogP contribution in [0.25, 0.3) is 10.9 Å². The lowest BCUT2D eigenvalue weighted by atomic mass is 10.1. The van der Waals surface area contributed by atoms with Gasteiger partial charge in [0, 0.05) is 23.8 Å². The van der Waals surface area contributed by atoms with E-state index in [4.69, 9.17) is 4.52 Å². The van der Waals surface area contributed by atoms with E-state index < -0.39 is 19.0 Å². The monoisotopic (exact) mass is 295 g/mol. The molecule has 0 unspecified atom stereocenters. The smallest absolute Gasteiger partial charge is 0.316 e. The van der Waals surface area contributed by atoms with Gasteiger partial charge >= 0.3 is 5.97 Å². The molecular weight excluding hydrogens is 277 g/mol. The van der Waals surface area contributed by atoms with Crippen LogP contribution in [0.2, 0.25) is 0 Å². The first-order chi connectivity index (χ1) is 9.45. The van der Waals surface area contributed by atoms with Crippen LogP contribution in [0.1, 0.15) is 12.5 Å². The van der Waals surface area contributed by atoms with Crippen LogP contribution in [-0.4, -0.2) is 35.0 Å². The van der Waals surface area contributed by atoms with Crippen LogP contribution in [0.5, 0.6) is 0 Å². The van der Waals surface area contributed by atoms with Crippen LogP contribution >= 0.6 is 7.37 Å². The van der Waals surface area contributed by atoms with Crippen molar-refractivity contribution >= 4 is 24.2 Å². The van der Waals surface area contributed by atoms with Crippen LogP contribution in [0.3, 0.4) is 0 Å². The number of benzene rings is 1. The van der Waals surface area contributed by atoms with Gasteiger partial charge < -0.3 is 14.6 Å². The Labute approximate surface area is 117 Å². The lowest BCUT2D eigenvalue weighted by Crippen LogP contribution is -2.24. The molecule has 0 aliphatic heterocycles. The number of aromatic nitrogens is 1. The minimum Gasteiger partial charge on any atom is -0.481 e. The van der Waals surface area contributed by atoms with Crippen molar-refractivity contribution in [2.45, 2.75) is 19.0 Å². The van der Waals surface area contributed by atoms with E-state index in [1.54, 1.807) is 13.1 Å². The van der Waals surface area contributed by atoms with Gasteiger partial charge in [-0.25, -0.2) is 0 Å². The van der Waals surface area contributed by atoms with Gasteiger partial charge in [-0.3, -0.25) is 9.36 Å². The van der Waals surface area contributed by atoms with Crippen molar-refractivity contribution in [1.29, 1.82) is 0 Å². The molecule has 2 atom stereocenters. The summed E-state index contributed by atoms with van der Waals surface area (Å²) < 4.78 is 17.6. The number of rotatable bonds is 6. The molecule has 0 radical (unpaired) electrons. The van der Waals surface area contributed by atoms with Crippen molar-refractivity contribution in [1.82, 2.24) is 4.98 Å². The summed E-state index contributed by atoms with van der Waals surface area (Å²) >= 11 is 0. The molecule has 1 aromatic carbocycles. The third kappa shape index (κ3) is 2.94. The Bertz CT molecular complexity index is 664. The third-order valence-corrected chi connectivity index (χ3v) is 5.63. The second kappa shape index (κ2) is 5.81. The van der Waals surface area contributed by atoms with Gasteiger partial charge in [-0.05, 0) is 25.0 Å². The van der Waals surface area contributed by atoms with E-state index in [0.29, 0.717) is 0 Å². The minimum absolute atomic E-state index is 0.188. The number of carboxylic acids is 1. The van der Waals surface area contributed by atoms with Crippen molar-refractivity contribution in [3.05, 3.63) is 36.0 Å². The van der Waals surface area contributed by atoms with Gasteiger partial charge in [-0.15, -0.1) is 0 Å². The average Bonchev–Trinajstić information content (AvgIpc) is 2.78. The number of hydrogen-bond donors (Lipinski definition) is 2. The summed E-state index contributed by atoms with van der Waals surface area (Å²) in [6.07, 6.45) is 1.96. The average molecular weight is 295 g/mol. The quantitative estimate of drug-likeness (QED) is 0.802. The highest BCUT2D eigenvalue weighted by molar-refractivity contribution is 7.59. The Morgan fingerprint density at radius 3 is 2.80 bits per heavy atom. The van der Waals surface area contributed by atoms with E-state index in [1.165, 1.54) is 6.66 Å². The molecule has 0 saturated heterocycles. The first-order valence-corrected chi connectivity index (χ1v) is 8.59. The van der Waals surface area contributed by atoms with Gasteiger partial charge in [0.25, 0.3) is 0 Å². The maximum Gasteiger partial charge on any atom is 0.316 e. The van der Waals surface area contributed by atoms with E-state index in [-0.39, 0.29) is 13.0 Å². The maximum absolute atomic E-state index is 12.4. The Balaban J connectivity index is 2.34. The zero-order valence-corrected chi connectivity index (χ0v) is 12.4. The summed E-state index contributed by atoms with van der Waals surface area (Å²) in [5.41, 5.74) is 0.755. The van der Waals surface area contributed by atoms with Gasteiger partial charge in [0.1, 0.15) is 5.66 Å². The molecule has 1 heterocycles. The SMILES string of the molecule is CCO[P@@](C)(=O)[C@H](Cc1c[nH]c2ccccc12)C(=O)O. The number of carbonyl (C=O) groups is 1. The van der Waals surface area contributed by atoms with Crippen LogP contribution in [0.4, 0.5) is 0 Å². The van der Waals surface area contributed by atoms with Gasteiger partial charge in [-0.1, -0.05) is 18.2 Å². The van der Waals surface area contributed by atoms with E-state index >= 15 is 0 Å². The lowest BCUT2D eigenvalue weighted by molar-refractivity contribution is -0.136. The molecule has 0 aliphatic carbocycles. The first kappa shape index (κ1) is 14.8. The molecule has 0 spiro atoms. The highest BCUT2D eigenvalue weighted by Crippen LogP contribution is 2.49. The number of fused-ring (bicyclic) bond motifs is 1. The molecule has 0 aliphatic rings. The molecule has 0 amide bonds. The lowest BCUT2D eigenvalue weighted by Gasteiger charge is -2.20. The van der Waals surface area contributed by atoms with Crippen molar-refractivity contribution < 1.29 is 19.0 Å². The van der Waals surface area contributed by atoms with Crippen LogP contribution in [-0.2, 0) is 20.3 Å². The molecule has 5 nitrogen and oxygen atoms in total. The van der Waals surface area contributed by atoms with Crippen LogP contribution < -0.4 is 0 Å². The fraction of sp³-hybridized carbons (Fsp3) is 0.357. The summed E-state index contributed by atoms with van der Waals surface area (Å²) in [6.45, 7) is 3.34. The molecular formula is C14H18NO4P. The predicted molar refractivity (Wildman–Crippen MR) is 78.6 cm³/mol. The predicted octanol–water partition coefficient (Wildman–Crippen LogP) is 3.11. The summed E-state index contributed by atoms with van der Waals surface area (Å²) in [5, 5.41) is 10.3. The molecule has 0 bridgehead atoms. The second-order valence-electron chi connectivity index (χ2n) is 4.74. The molecule has 6 heteroatoms. The van der Waals surface area contributed by atoms with E-state index in [2.05, 4.69) is 4.98 Å². The molecule has 2 rings (SSSR count). The fourth-order valence-corrected chi connectivity index (χ4v) is 3.93. The molecule has 1 aromatic heterocycles. The highest BCUT2D eigenvalue weighted by atomic mass is 31.2. The molecule has 0 fully saturated rings. The van der Waals surface area contributed by atoms with E-state index in [1.807, 2.05) is 24.3 Å². The molecule has 2 aromatic rings. The minimum atomic E-state index is -3.19. The Hall–Kier alpha value is -1.58. The zero-order valence-electron chi connectivity index (χ0n) is 11.5. The molecule has 2 N–H and O–H groups in total. The molecule has 0 saturated carbocycles. The number of carboxylic acid groups (broad SMARTS) is 1. The number of aromatic amines is 1. The number of hydrogen-bond acceptors (Lipinski definition) is 3. The van der Waals surface area contributed by atoms with Crippen molar-refractivity contribution in [3.8, 4) is 0 Å². The topological polar surface area (TPSA) is 79.4 Å². The Morgan fingerprint density at radius 2 is 2.15 bits per heavy atom. The number of para-hydroxylation sites is 1. The third-order valence-electron chi connectivity index (χ3n) is 3.32. The normalized spacial score (nSPS) is 15.9. The summed E-state index contributed by atoms with van der Waals surface area (Å²) in [4.78, 5) is 14.5. The number of aliphatic carboxylic acids is 1. The molecule has 20 heavy (non-hydrogen) atoms. The van der Waals surface area contributed by atoms with E-state index in [9.17, 15) is 14.5 Å². The fourth-order valence-electron chi connectivity index (χ4n) is 2.31. The summed E-state index contributed by atoms with van der Waals surface area (Å²) in [5.74, 6) is -1.09. The Morgan fingerprint density at radius 1 is 1.45 bits per heavy atom. The van der Waals surface area contributed by atoms with Gasteiger partial charge in [-0.2, -0.15) is 0 Å². The van der Waals surface area contributed by atoms with Crippen molar-refractivity contribution in [3.63, 3.8) is 0 Å². The van der Waals surface area contributed by atoms with E-state index in [0.717, 1.165) is 16.5 Å². The van der Waals surface area contributed by atoms with Gasteiger partial charge in [0.15, 0.2) is 0 Å². The van der Waals surface area contributed by atoms with Gasteiger partial charge in [0.05, 0.1) is 6.61 Å². The van der Waals surface area contributed by atoms with Crippen molar-refractivity contribution in [2.75, 3.05) is 13.3 Å². The second-order valence-corrected chi connectivity index (χ2v) is 7.44. The van der Waals surface area contributed by atoms with Gasteiger partial charge in [0.2, 0.25) is 7.37 Å². The van der Waals surface area contributed by atoms with Crippen LogP contribution in [0, 0.1) is 0 Å². The first-order valence-electron chi connectivity index (χ1n) is 6.45.